The summed E-state index contributed by atoms with van der Waals surface area (Å²) in [6, 6.07) is 18.1. The number of nitrogens with zero attached hydrogens (tertiary/aromatic N) is 3. The van der Waals surface area contributed by atoms with Crippen LogP contribution in [0.15, 0.2) is 70.9 Å². The topological polar surface area (TPSA) is 106 Å². The van der Waals surface area contributed by atoms with Gasteiger partial charge in [0.1, 0.15) is 5.75 Å². The van der Waals surface area contributed by atoms with Gasteiger partial charge in [-0.25, -0.2) is 15.4 Å². The molecule has 0 aliphatic heterocycles. The van der Waals surface area contributed by atoms with E-state index in [1.807, 2.05) is 44.2 Å². The third-order valence-corrected chi connectivity index (χ3v) is 4.87. The second-order valence-corrected chi connectivity index (χ2v) is 7.70. The Kier molecular flexibility index (Phi) is 8.33. The highest BCUT2D eigenvalue weighted by Crippen LogP contribution is 2.16. The van der Waals surface area contributed by atoms with Crippen LogP contribution in [0.3, 0.4) is 0 Å². The summed E-state index contributed by atoms with van der Waals surface area (Å²) in [5.74, 6) is 0.0566. The lowest BCUT2D eigenvalue weighted by Gasteiger charge is -2.09. The summed E-state index contributed by atoms with van der Waals surface area (Å²) in [7, 11) is 0. The lowest BCUT2D eigenvalue weighted by atomic mass is 10.2. The highest BCUT2D eigenvalue weighted by atomic mass is 32.2. The lowest BCUT2D eigenvalue weighted by Crippen LogP contribution is -2.21. The van der Waals surface area contributed by atoms with E-state index in [1.165, 1.54) is 18.0 Å². The van der Waals surface area contributed by atoms with Gasteiger partial charge in [0, 0.05) is 22.6 Å². The minimum absolute atomic E-state index is 0.137. The number of para-hydroxylation sites is 2. The maximum atomic E-state index is 12.1. The fraction of sp³-hybridized carbons (Fsp3) is 0.174. The van der Waals surface area contributed by atoms with Gasteiger partial charge in [-0.2, -0.15) is 5.10 Å². The number of hydrogen-bond acceptors (Lipinski definition) is 7. The van der Waals surface area contributed by atoms with E-state index >= 15 is 0 Å². The Morgan fingerprint density at radius 3 is 2.44 bits per heavy atom. The third kappa shape index (κ3) is 7.51. The number of aromatic nitrogens is 2. The maximum Gasteiger partial charge on any atom is 0.262 e. The molecule has 2 amide bonds. The van der Waals surface area contributed by atoms with Gasteiger partial charge < -0.3 is 10.1 Å². The van der Waals surface area contributed by atoms with Crippen molar-refractivity contribution in [1.29, 1.82) is 0 Å². The Balaban J connectivity index is 1.49. The van der Waals surface area contributed by atoms with Crippen molar-refractivity contribution in [2.45, 2.75) is 19.0 Å². The van der Waals surface area contributed by atoms with Gasteiger partial charge in [0.25, 0.3) is 11.8 Å². The van der Waals surface area contributed by atoms with Crippen molar-refractivity contribution in [1.82, 2.24) is 15.4 Å². The quantitative estimate of drug-likeness (QED) is 0.225. The number of anilines is 1. The predicted octanol–water partition coefficient (Wildman–Crippen LogP) is 3.35. The minimum atomic E-state index is -0.283. The number of benzene rings is 2. The van der Waals surface area contributed by atoms with Gasteiger partial charge >= 0.3 is 0 Å². The van der Waals surface area contributed by atoms with Crippen molar-refractivity contribution in [3.05, 3.63) is 77.6 Å². The number of ether oxygens (including phenoxy) is 1. The number of rotatable bonds is 9. The molecule has 0 radical (unpaired) electrons. The first-order valence-electron chi connectivity index (χ1n) is 9.83. The second-order valence-electron chi connectivity index (χ2n) is 6.76. The number of carbonyl (C=O) groups is 2. The Hall–Kier alpha value is -3.72. The van der Waals surface area contributed by atoms with Crippen LogP contribution in [0, 0.1) is 13.8 Å². The molecule has 0 unspecified atom stereocenters. The molecule has 0 saturated carbocycles. The first-order valence-corrected chi connectivity index (χ1v) is 10.8. The summed E-state index contributed by atoms with van der Waals surface area (Å²) in [5.41, 5.74) is 5.51. The second kappa shape index (κ2) is 11.6. The molecule has 0 saturated heterocycles. The maximum absolute atomic E-state index is 12.1. The van der Waals surface area contributed by atoms with E-state index < -0.39 is 0 Å². The first kappa shape index (κ1) is 23.0. The van der Waals surface area contributed by atoms with Crippen LogP contribution in [0.2, 0.25) is 0 Å². The van der Waals surface area contributed by atoms with Gasteiger partial charge in [0.2, 0.25) is 0 Å². The molecule has 1 heterocycles. The molecule has 3 rings (SSSR count). The normalized spacial score (nSPS) is 10.7. The molecule has 2 aromatic carbocycles. The Bertz CT molecular complexity index is 1090. The molecule has 9 heteroatoms. The zero-order valence-corrected chi connectivity index (χ0v) is 18.6. The average molecular weight is 450 g/mol. The molecule has 2 N–H and O–H groups in total. The van der Waals surface area contributed by atoms with Gasteiger partial charge in [-0.15, -0.1) is 0 Å². The van der Waals surface area contributed by atoms with E-state index in [1.54, 1.807) is 30.3 Å². The number of hydrogen-bond donors (Lipinski definition) is 2. The molecule has 0 fully saturated rings. The number of hydrazone groups is 1. The number of carbonyl (C=O) groups excluding carboxylic acids is 2. The molecule has 0 bridgehead atoms. The van der Waals surface area contributed by atoms with E-state index in [4.69, 9.17) is 4.74 Å². The number of amides is 2. The van der Waals surface area contributed by atoms with Gasteiger partial charge in [-0.3, -0.25) is 9.59 Å². The van der Waals surface area contributed by atoms with Crippen LogP contribution in [0.1, 0.15) is 17.0 Å². The molecule has 0 aliphatic rings. The largest absolute Gasteiger partial charge is 0.483 e. The summed E-state index contributed by atoms with van der Waals surface area (Å²) in [6.45, 7) is 3.61. The molecule has 0 aliphatic carbocycles. The summed E-state index contributed by atoms with van der Waals surface area (Å²) in [5, 5.41) is 7.29. The average Bonchev–Trinajstić information content (AvgIpc) is 2.77. The van der Waals surface area contributed by atoms with Crippen molar-refractivity contribution in [2.75, 3.05) is 17.7 Å². The minimum Gasteiger partial charge on any atom is -0.483 e. The highest BCUT2D eigenvalue weighted by Gasteiger charge is 2.07. The number of nitrogens with one attached hydrogen (secondary N) is 2. The van der Waals surface area contributed by atoms with Crippen molar-refractivity contribution in [3.63, 3.8) is 0 Å². The Morgan fingerprint density at radius 1 is 1.00 bits per heavy atom. The van der Waals surface area contributed by atoms with Crippen molar-refractivity contribution in [2.24, 2.45) is 5.10 Å². The van der Waals surface area contributed by atoms with Crippen LogP contribution in [0.25, 0.3) is 0 Å². The smallest absolute Gasteiger partial charge is 0.262 e. The van der Waals surface area contributed by atoms with Crippen molar-refractivity contribution >= 4 is 35.5 Å². The summed E-state index contributed by atoms with van der Waals surface area (Å²) in [4.78, 5) is 32.7. The summed E-state index contributed by atoms with van der Waals surface area (Å²) >= 11 is 1.24. The molecule has 0 atom stereocenters. The molecular formula is C23H23N5O3S. The van der Waals surface area contributed by atoms with Crippen molar-refractivity contribution in [3.8, 4) is 5.75 Å². The molecule has 164 valence electrons. The Labute approximate surface area is 190 Å². The zero-order valence-electron chi connectivity index (χ0n) is 17.7. The zero-order chi connectivity index (χ0) is 22.8. The standard InChI is InChI=1S/C23H23N5O3S/c1-16-12-17(2)26-23(25-16)32-15-22(30)28-24-13-18-8-6-7-11-20(18)31-14-21(29)27-19-9-4-3-5-10-19/h3-13H,14-15H2,1-2H3,(H,27,29)(H,28,30)/b24-13-. The molecule has 0 spiro atoms. The van der Waals surface area contributed by atoms with E-state index in [0.717, 1.165) is 11.4 Å². The van der Waals surface area contributed by atoms with E-state index in [-0.39, 0.29) is 24.2 Å². The highest BCUT2D eigenvalue weighted by molar-refractivity contribution is 7.99. The monoisotopic (exact) mass is 449 g/mol. The molecular weight excluding hydrogens is 426 g/mol. The third-order valence-electron chi connectivity index (χ3n) is 4.02. The van der Waals surface area contributed by atoms with Crippen molar-refractivity contribution < 1.29 is 14.3 Å². The molecule has 1 aromatic heterocycles. The summed E-state index contributed by atoms with van der Waals surface area (Å²) < 4.78 is 5.62. The van der Waals surface area contributed by atoms with Gasteiger partial charge in [-0.05, 0) is 44.2 Å². The first-order chi connectivity index (χ1) is 15.5. The number of aryl methyl sites for hydroxylation is 2. The van der Waals surface area contributed by atoms with Crippen LogP contribution in [0.5, 0.6) is 5.75 Å². The Morgan fingerprint density at radius 2 is 1.69 bits per heavy atom. The SMILES string of the molecule is Cc1cc(C)nc(SCC(=O)N/N=C\c2ccccc2OCC(=O)Nc2ccccc2)n1. The van der Waals surface area contributed by atoms with E-state index in [2.05, 4.69) is 25.8 Å². The van der Waals surface area contributed by atoms with Crippen LogP contribution < -0.4 is 15.5 Å². The van der Waals surface area contributed by atoms with Gasteiger partial charge in [-0.1, -0.05) is 42.1 Å². The molecule has 8 nitrogen and oxygen atoms in total. The fourth-order valence-electron chi connectivity index (χ4n) is 2.67. The van der Waals surface area contributed by atoms with E-state index in [0.29, 0.717) is 22.2 Å². The van der Waals surface area contributed by atoms with Crippen LogP contribution in [0.4, 0.5) is 5.69 Å². The van der Waals surface area contributed by atoms with E-state index in [9.17, 15) is 9.59 Å². The predicted molar refractivity (Wildman–Crippen MR) is 125 cm³/mol. The molecule has 3 aromatic rings. The van der Waals surface area contributed by atoms with Crippen LogP contribution >= 0.6 is 11.8 Å². The molecule has 32 heavy (non-hydrogen) atoms. The number of thioether (sulfide) groups is 1. The van der Waals surface area contributed by atoms with Gasteiger partial charge in [0.15, 0.2) is 11.8 Å². The fourth-order valence-corrected chi connectivity index (χ4v) is 3.42. The van der Waals surface area contributed by atoms with Crippen LogP contribution in [-0.4, -0.2) is 40.4 Å². The van der Waals surface area contributed by atoms with Gasteiger partial charge in [0.05, 0.1) is 12.0 Å². The summed E-state index contributed by atoms with van der Waals surface area (Å²) in [6.07, 6.45) is 1.47. The van der Waals surface area contributed by atoms with Crippen LogP contribution in [-0.2, 0) is 9.59 Å². The lowest BCUT2D eigenvalue weighted by molar-refractivity contribution is -0.119.